The summed E-state index contributed by atoms with van der Waals surface area (Å²) in [5.41, 5.74) is 1.74. The van der Waals surface area contributed by atoms with E-state index in [1.807, 2.05) is 30.3 Å². The molecule has 1 atom stereocenters. The van der Waals surface area contributed by atoms with Crippen molar-refractivity contribution in [3.8, 4) is 11.4 Å². The van der Waals surface area contributed by atoms with Crippen molar-refractivity contribution < 1.29 is 29.1 Å². The Morgan fingerprint density at radius 3 is 2.12 bits per heavy atom. The molecule has 3 fully saturated rings. The van der Waals surface area contributed by atoms with Crippen molar-refractivity contribution in [3.63, 3.8) is 0 Å². The minimum Gasteiger partial charge on any atom is -0.481 e. The summed E-state index contributed by atoms with van der Waals surface area (Å²) >= 11 is 1.39. The minimum atomic E-state index is -0.943. The van der Waals surface area contributed by atoms with Gasteiger partial charge in [0, 0.05) is 42.8 Å². The van der Waals surface area contributed by atoms with Crippen LogP contribution in [0, 0.1) is 23.7 Å². The standard InChI is InChI=1S/C40H49N5O6S/c1-5-6-24-7-11-26(12-8-24)28-18-34(46)45(35(47)19-28)30-20-41-36(42-21-30)27-13-9-25(10-14-27)17-31(38(49)44-22-29(23-44)39(50)51)43-37(48)32-15-16-33(52-32)40(2,3)4/h9-10,13-16,20-21,24,26,28-29,31H,5-8,11-12,17-19,22-23H2,1-4H3,(H,43,48)(H,50,51)/t24-,26-,31-/m0/s1. The Balaban J connectivity index is 1.09. The van der Waals surface area contributed by atoms with E-state index in [4.69, 9.17) is 0 Å². The van der Waals surface area contributed by atoms with Crippen molar-refractivity contribution in [1.29, 1.82) is 0 Å². The van der Waals surface area contributed by atoms with E-state index in [1.54, 1.807) is 6.07 Å². The fraction of sp³-hybridized carbons (Fsp3) is 0.525. The number of aliphatic carboxylic acids is 1. The van der Waals surface area contributed by atoms with Gasteiger partial charge in [-0.2, -0.15) is 0 Å². The lowest BCUT2D eigenvalue weighted by Crippen LogP contribution is -2.59. The molecule has 1 aliphatic carbocycles. The fourth-order valence-electron chi connectivity index (χ4n) is 7.76. The number of nitrogens with one attached hydrogen (secondary N) is 1. The zero-order valence-electron chi connectivity index (χ0n) is 30.5. The Morgan fingerprint density at radius 2 is 1.56 bits per heavy atom. The molecule has 12 heteroatoms. The second-order valence-electron chi connectivity index (χ2n) is 15.7. The van der Waals surface area contributed by atoms with Crippen molar-refractivity contribution in [2.24, 2.45) is 23.7 Å². The lowest BCUT2D eigenvalue weighted by Gasteiger charge is -2.38. The van der Waals surface area contributed by atoms with Gasteiger partial charge in [-0.1, -0.05) is 77.6 Å². The molecule has 1 saturated carbocycles. The number of hydrogen-bond acceptors (Lipinski definition) is 8. The first-order valence-corrected chi connectivity index (χ1v) is 19.3. The highest BCUT2D eigenvalue weighted by Gasteiger charge is 2.40. The summed E-state index contributed by atoms with van der Waals surface area (Å²) in [6.07, 6.45) is 11.0. The molecular formula is C40H49N5O6S. The van der Waals surface area contributed by atoms with Crippen molar-refractivity contribution >= 4 is 46.6 Å². The Kier molecular flexibility index (Phi) is 11.2. The molecule has 6 rings (SSSR count). The first kappa shape index (κ1) is 37.3. The van der Waals surface area contributed by atoms with Crippen LogP contribution in [0.1, 0.15) is 99.2 Å². The number of carbonyl (C=O) groups excluding carboxylic acids is 4. The number of aromatic nitrogens is 2. The average molecular weight is 728 g/mol. The normalized spacial score (nSPS) is 20.8. The molecule has 52 heavy (non-hydrogen) atoms. The van der Waals surface area contributed by atoms with Gasteiger partial charge in [0.1, 0.15) is 6.04 Å². The third kappa shape index (κ3) is 8.43. The van der Waals surface area contributed by atoms with Gasteiger partial charge in [0.15, 0.2) is 5.82 Å². The topological polar surface area (TPSA) is 150 Å². The van der Waals surface area contributed by atoms with E-state index >= 15 is 0 Å². The predicted molar refractivity (Wildman–Crippen MR) is 199 cm³/mol. The van der Waals surface area contributed by atoms with E-state index in [-0.39, 0.29) is 54.5 Å². The zero-order chi connectivity index (χ0) is 37.2. The number of carboxylic acids is 1. The summed E-state index contributed by atoms with van der Waals surface area (Å²) in [5.74, 6) is -0.896. The van der Waals surface area contributed by atoms with E-state index in [2.05, 4.69) is 43.0 Å². The molecule has 3 aromatic rings. The smallest absolute Gasteiger partial charge is 0.310 e. The molecule has 4 amide bonds. The Bertz CT molecular complexity index is 1770. The van der Waals surface area contributed by atoms with Crippen LogP contribution in [0.25, 0.3) is 11.4 Å². The van der Waals surface area contributed by atoms with E-state index < -0.39 is 17.9 Å². The molecular weight excluding hydrogens is 679 g/mol. The molecule has 276 valence electrons. The van der Waals surface area contributed by atoms with Crippen LogP contribution in [0.3, 0.4) is 0 Å². The summed E-state index contributed by atoms with van der Waals surface area (Å²) in [7, 11) is 0. The number of thiophene rings is 1. The highest BCUT2D eigenvalue weighted by molar-refractivity contribution is 7.14. The van der Waals surface area contributed by atoms with Gasteiger partial charge in [-0.3, -0.25) is 24.0 Å². The summed E-state index contributed by atoms with van der Waals surface area (Å²) in [6, 6.07) is 10.1. The van der Waals surface area contributed by atoms with Crippen molar-refractivity contribution in [3.05, 3.63) is 64.1 Å². The number of carbonyl (C=O) groups is 5. The maximum Gasteiger partial charge on any atom is 0.310 e. The number of benzene rings is 1. The van der Waals surface area contributed by atoms with Gasteiger partial charge in [-0.15, -0.1) is 11.3 Å². The second kappa shape index (κ2) is 15.7. The van der Waals surface area contributed by atoms with Gasteiger partial charge >= 0.3 is 5.97 Å². The van der Waals surface area contributed by atoms with Crippen LogP contribution >= 0.6 is 11.3 Å². The maximum atomic E-state index is 13.5. The van der Waals surface area contributed by atoms with Gasteiger partial charge in [-0.05, 0) is 53.7 Å². The summed E-state index contributed by atoms with van der Waals surface area (Å²) < 4.78 is 0. The number of imide groups is 1. The number of anilines is 1. The summed E-state index contributed by atoms with van der Waals surface area (Å²) in [4.78, 5) is 77.9. The third-order valence-electron chi connectivity index (χ3n) is 10.9. The van der Waals surface area contributed by atoms with Gasteiger partial charge in [-0.25, -0.2) is 14.9 Å². The first-order valence-electron chi connectivity index (χ1n) is 18.5. The summed E-state index contributed by atoms with van der Waals surface area (Å²) in [6.45, 7) is 8.65. The van der Waals surface area contributed by atoms with Crippen LogP contribution in [0.4, 0.5) is 5.69 Å². The molecule has 0 bridgehead atoms. The number of nitrogens with zero attached hydrogens (tertiary/aromatic N) is 4. The predicted octanol–water partition coefficient (Wildman–Crippen LogP) is 6.26. The molecule has 0 radical (unpaired) electrons. The highest BCUT2D eigenvalue weighted by Crippen LogP contribution is 2.40. The molecule has 1 aromatic carbocycles. The van der Waals surface area contributed by atoms with Crippen molar-refractivity contribution in [1.82, 2.24) is 20.2 Å². The molecule has 11 nitrogen and oxygen atoms in total. The van der Waals surface area contributed by atoms with Crippen LogP contribution in [-0.2, 0) is 31.0 Å². The van der Waals surface area contributed by atoms with Crippen molar-refractivity contribution in [2.45, 2.75) is 96.9 Å². The van der Waals surface area contributed by atoms with Crippen LogP contribution in [0.5, 0.6) is 0 Å². The van der Waals surface area contributed by atoms with Gasteiger partial charge in [0.25, 0.3) is 5.91 Å². The van der Waals surface area contributed by atoms with E-state index in [0.29, 0.717) is 40.7 Å². The lowest BCUT2D eigenvalue weighted by molar-refractivity contribution is -0.153. The highest BCUT2D eigenvalue weighted by atomic mass is 32.1. The fourth-order valence-corrected chi connectivity index (χ4v) is 8.73. The van der Waals surface area contributed by atoms with Crippen LogP contribution < -0.4 is 10.2 Å². The van der Waals surface area contributed by atoms with Gasteiger partial charge in [0.2, 0.25) is 17.7 Å². The molecule has 2 N–H and O–H groups in total. The van der Waals surface area contributed by atoms with E-state index in [1.165, 1.54) is 59.2 Å². The number of piperidine rings is 1. The quantitative estimate of drug-likeness (QED) is 0.220. The number of hydrogen-bond donors (Lipinski definition) is 2. The SMILES string of the molecule is CCC[C@H]1CC[C@H](C2CC(=O)N(c3cnc(-c4ccc(C[C@H](NC(=O)c5ccc(C(C)(C)C)s5)C(=O)N5CC(C(=O)O)C5)cc4)nc3)C(=O)C2)CC1. The molecule has 0 spiro atoms. The molecule has 3 aliphatic rings. The molecule has 2 saturated heterocycles. The number of rotatable bonds is 11. The van der Waals surface area contributed by atoms with E-state index in [0.717, 1.165) is 29.2 Å². The molecule has 2 aliphatic heterocycles. The molecule has 4 heterocycles. The Labute approximate surface area is 309 Å². The average Bonchev–Trinajstić information content (AvgIpc) is 3.60. The number of amides is 4. The third-order valence-corrected chi connectivity index (χ3v) is 12.4. The molecule has 2 aromatic heterocycles. The molecule has 0 unspecified atom stereocenters. The second-order valence-corrected chi connectivity index (χ2v) is 16.8. The first-order chi connectivity index (χ1) is 24.8. The Hall–Kier alpha value is -4.45. The number of carboxylic acid groups (broad SMARTS) is 1. The van der Waals surface area contributed by atoms with Crippen LogP contribution in [-0.4, -0.2) is 68.7 Å². The Morgan fingerprint density at radius 1 is 0.923 bits per heavy atom. The monoisotopic (exact) mass is 727 g/mol. The maximum absolute atomic E-state index is 13.5. The lowest BCUT2D eigenvalue weighted by atomic mass is 9.71. The van der Waals surface area contributed by atoms with Gasteiger partial charge < -0.3 is 15.3 Å². The van der Waals surface area contributed by atoms with Crippen LogP contribution in [0.2, 0.25) is 0 Å². The van der Waals surface area contributed by atoms with Crippen molar-refractivity contribution in [2.75, 3.05) is 18.0 Å². The summed E-state index contributed by atoms with van der Waals surface area (Å²) in [5, 5.41) is 12.2. The largest absolute Gasteiger partial charge is 0.481 e. The zero-order valence-corrected chi connectivity index (χ0v) is 31.3. The van der Waals surface area contributed by atoms with E-state index in [9.17, 15) is 29.1 Å². The van der Waals surface area contributed by atoms with Gasteiger partial charge in [0.05, 0.1) is 28.9 Å². The van der Waals surface area contributed by atoms with Crippen LogP contribution in [0.15, 0.2) is 48.8 Å². The number of likely N-dealkylation sites (tertiary alicyclic amines) is 1. The minimum absolute atomic E-state index is 0.102.